The van der Waals surface area contributed by atoms with Crippen molar-refractivity contribution in [1.29, 1.82) is 10.5 Å². The largest absolute Gasteiger partial charge is 0.444 e. The smallest absolute Gasteiger partial charge is 0.312 e. The highest BCUT2D eigenvalue weighted by molar-refractivity contribution is 7.89. The fourth-order valence-corrected chi connectivity index (χ4v) is 5.80. The fourth-order valence-electron chi connectivity index (χ4n) is 4.27. The number of nitro groups is 1. The highest BCUT2D eigenvalue weighted by Crippen LogP contribution is 2.38. The quantitative estimate of drug-likeness (QED) is 0.182. The monoisotopic (exact) mass is 521 g/mol. The predicted octanol–water partition coefficient (Wildman–Crippen LogP) is 2.34. The number of esters is 1. The number of nitro benzene ring substituents is 1. The van der Waals surface area contributed by atoms with Crippen LogP contribution in [-0.2, 0) is 24.3 Å². The highest BCUT2D eigenvalue weighted by atomic mass is 32.2. The number of amides is 1. The number of nitrogens with zero attached hydrogens (tertiary/aromatic N) is 5. The molecule has 2 aliphatic rings. The molecule has 2 aromatic rings. The Bertz CT molecular complexity index is 1490. The molecule has 2 aliphatic heterocycles. The lowest BCUT2D eigenvalue weighted by Gasteiger charge is -2.31. The first kappa shape index (κ1) is 25.5. The van der Waals surface area contributed by atoms with Gasteiger partial charge < -0.3 is 4.74 Å². The van der Waals surface area contributed by atoms with Gasteiger partial charge in [-0.2, -0.15) is 14.8 Å². The van der Waals surface area contributed by atoms with Crippen LogP contribution in [0.5, 0.6) is 0 Å². The number of ether oxygens (including phenoxy) is 1. The number of sulfonamides is 1. The highest BCUT2D eigenvalue weighted by Gasteiger charge is 2.37. The number of allylic oxidation sites excluding steroid dienone is 1. The fraction of sp³-hybridized carbons (Fsp3) is 0.250. The zero-order valence-corrected chi connectivity index (χ0v) is 20.1. The van der Waals surface area contributed by atoms with E-state index in [0.717, 1.165) is 33.5 Å². The Morgan fingerprint density at radius 3 is 2.46 bits per heavy atom. The summed E-state index contributed by atoms with van der Waals surface area (Å²) >= 11 is 0. The number of benzene rings is 2. The Balaban J connectivity index is 1.47. The molecule has 188 valence electrons. The number of carbonyl (C=O) groups excluding carboxylic acids is 2. The molecule has 1 saturated heterocycles. The van der Waals surface area contributed by atoms with E-state index in [-0.39, 0.29) is 34.8 Å². The molecule has 0 aliphatic carbocycles. The number of rotatable bonds is 6. The van der Waals surface area contributed by atoms with Crippen molar-refractivity contribution in [1.82, 2.24) is 4.31 Å². The van der Waals surface area contributed by atoms with Crippen LogP contribution in [0.3, 0.4) is 0 Å². The van der Waals surface area contributed by atoms with Crippen molar-refractivity contribution >= 4 is 38.8 Å². The molecule has 2 heterocycles. The van der Waals surface area contributed by atoms with Gasteiger partial charge in [0.05, 0.1) is 27.0 Å². The molecule has 12 nitrogen and oxygen atoms in total. The Morgan fingerprint density at radius 2 is 1.81 bits per heavy atom. The molecule has 0 N–H and O–H groups in total. The standard InChI is InChI=1S/C24H19N5O7S/c25-12-17(13-26)22-20-5-1-2-6-21(20)28(23(22)30)15-36-24(31)16-4-3-11-27(14-16)37(34,35)19-9-7-18(8-10-19)29(32)33/h1-2,5-10,16H,3-4,11,14-15H2. The van der Waals surface area contributed by atoms with Crippen LogP contribution >= 0.6 is 0 Å². The number of hydrogen-bond donors (Lipinski definition) is 0. The minimum atomic E-state index is -4.00. The van der Waals surface area contributed by atoms with E-state index in [1.807, 2.05) is 0 Å². The lowest BCUT2D eigenvalue weighted by atomic mass is 10.0. The molecule has 1 fully saturated rings. The number of non-ortho nitro benzene ring substituents is 1. The minimum absolute atomic E-state index is 0.0744. The topological polar surface area (TPSA) is 175 Å². The number of nitriles is 2. The molecule has 0 spiro atoms. The van der Waals surface area contributed by atoms with Crippen LogP contribution in [-0.4, -0.2) is 49.3 Å². The van der Waals surface area contributed by atoms with Crippen molar-refractivity contribution in [2.45, 2.75) is 17.7 Å². The SMILES string of the molecule is N#CC(C#N)=C1C(=O)N(COC(=O)C2CCCN(S(=O)(=O)c3ccc([N+](=O)[O-])cc3)C2)c2ccccc21. The van der Waals surface area contributed by atoms with Crippen LogP contribution < -0.4 is 4.90 Å². The van der Waals surface area contributed by atoms with Gasteiger partial charge in [0, 0.05) is 30.8 Å². The molecule has 37 heavy (non-hydrogen) atoms. The molecule has 0 bridgehead atoms. The lowest BCUT2D eigenvalue weighted by Crippen LogP contribution is -2.43. The van der Waals surface area contributed by atoms with Crippen LogP contribution in [0.25, 0.3) is 5.57 Å². The maximum Gasteiger partial charge on any atom is 0.312 e. The molecule has 0 aromatic heterocycles. The normalized spacial score (nSPS) is 17.5. The maximum absolute atomic E-state index is 13.0. The van der Waals surface area contributed by atoms with E-state index in [0.29, 0.717) is 24.1 Å². The van der Waals surface area contributed by atoms with Gasteiger partial charge in [0.15, 0.2) is 6.73 Å². The van der Waals surface area contributed by atoms with Crippen LogP contribution in [0, 0.1) is 38.7 Å². The van der Waals surface area contributed by atoms with Crippen LogP contribution in [0.4, 0.5) is 11.4 Å². The average molecular weight is 522 g/mol. The van der Waals surface area contributed by atoms with E-state index < -0.39 is 39.5 Å². The van der Waals surface area contributed by atoms with E-state index in [2.05, 4.69) is 0 Å². The molecule has 0 saturated carbocycles. The van der Waals surface area contributed by atoms with E-state index in [9.17, 15) is 38.6 Å². The number of carbonyl (C=O) groups is 2. The van der Waals surface area contributed by atoms with Crippen LogP contribution in [0.2, 0.25) is 0 Å². The van der Waals surface area contributed by atoms with Crippen molar-refractivity contribution in [2.24, 2.45) is 5.92 Å². The average Bonchev–Trinajstić information content (AvgIpc) is 3.19. The van der Waals surface area contributed by atoms with Gasteiger partial charge in [0.1, 0.15) is 17.7 Å². The summed E-state index contributed by atoms with van der Waals surface area (Å²) in [5, 5.41) is 29.3. The van der Waals surface area contributed by atoms with Crippen molar-refractivity contribution in [3.63, 3.8) is 0 Å². The summed E-state index contributed by atoms with van der Waals surface area (Å²) in [7, 11) is -4.00. The van der Waals surface area contributed by atoms with Gasteiger partial charge >= 0.3 is 5.97 Å². The minimum Gasteiger partial charge on any atom is -0.444 e. The van der Waals surface area contributed by atoms with Crippen molar-refractivity contribution in [3.05, 3.63) is 69.8 Å². The molecule has 2 aromatic carbocycles. The first-order valence-corrected chi connectivity index (χ1v) is 12.5. The van der Waals surface area contributed by atoms with Gasteiger partial charge in [-0.25, -0.2) is 8.42 Å². The summed E-state index contributed by atoms with van der Waals surface area (Å²) in [4.78, 5) is 37.1. The zero-order chi connectivity index (χ0) is 26.7. The van der Waals surface area contributed by atoms with Crippen LogP contribution in [0.1, 0.15) is 18.4 Å². The summed E-state index contributed by atoms with van der Waals surface area (Å²) in [5.41, 5.74) is 0.0797. The first-order valence-electron chi connectivity index (χ1n) is 11.1. The Hall–Kier alpha value is -4.59. The number of hydrogen-bond acceptors (Lipinski definition) is 9. The van der Waals surface area contributed by atoms with Gasteiger partial charge in [-0.3, -0.25) is 24.6 Å². The molecule has 1 unspecified atom stereocenters. The number of anilines is 1. The van der Waals surface area contributed by atoms with Crippen molar-refractivity contribution in [2.75, 3.05) is 24.7 Å². The van der Waals surface area contributed by atoms with Gasteiger partial charge in [-0.1, -0.05) is 18.2 Å². The van der Waals surface area contributed by atoms with Gasteiger partial charge in [-0.05, 0) is 31.0 Å². The molecule has 4 rings (SSSR count). The molecular weight excluding hydrogens is 502 g/mol. The van der Waals surface area contributed by atoms with E-state index >= 15 is 0 Å². The maximum atomic E-state index is 13.0. The molecule has 13 heteroatoms. The summed E-state index contributed by atoms with van der Waals surface area (Å²) in [6.07, 6.45) is 0.756. The Morgan fingerprint density at radius 1 is 1.14 bits per heavy atom. The third-order valence-corrected chi connectivity index (χ3v) is 8.01. The Kier molecular flexibility index (Phi) is 7.02. The number of piperidine rings is 1. The predicted molar refractivity (Wildman–Crippen MR) is 128 cm³/mol. The van der Waals surface area contributed by atoms with Crippen molar-refractivity contribution < 1.29 is 27.7 Å². The second-order valence-electron chi connectivity index (χ2n) is 8.27. The van der Waals surface area contributed by atoms with Gasteiger partial charge in [-0.15, -0.1) is 0 Å². The molecule has 1 atom stereocenters. The zero-order valence-electron chi connectivity index (χ0n) is 19.2. The summed E-state index contributed by atoms with van der Waals surface area (Å²) in [6.45, 7) is -0.463. The molecular formula is C24H19N5O7S. The third-order valence-electron chi connectivity index (χ3n) is 6.14. The second-order valence-corrected chi connectivity index (χ2v) is 10.2. The first-order chi connectivity index (χ1) is 17.7. The molecule has 0 radical (unpaired) electrons. The van der Waals surface area contributed by atoms with Crippen molar-refractivity contribution in [3.8, 4) is 12.1 Å². The number of fused-ring (bicyclic) bond motifs is 1. The second kappa shape index (κ2) is 10.2. The lowest BCUT2D eigenvalue weighted by molar-refractivity contribution is -0.384. The summed E-state index contributed by atoms with van der Waals surface area (Å²) in [5.74, 6) is -2.15. The van der Waals surface area contributed by atoms with Gasteiger partial charge in [0.25, 0.3) is 11.6 Å². The van der Waals surface area contributed by atoms with E-state index in [1.54, 1.807) is 36.4 Å². The van der Waals surface area contributed by atoms with Crippen LogP contribution in [0.15, 0.2) is 59.0 Å². The van der Waals surface area contributed by atoms with E-state index in [4.69, 9.17) is 4.74 Å². The summed E-state index contributed by atoms with van der Waals surface area (Å²) < 4.78 is 32.6. The molecule has 1 amide bonds. The third kappa shape index (κ3) is 4.78. The van der Waals surface area contributed by atoms with Gasteiger partial charge in [0.2, 0.25) is 10.0 Å². The number of para-hydroxylation sites is 1. The Labute approximate surface area is 211 Å². The van der Waals surface area contributed by atoms with E-state index in [1.165, 1.54) is 0 Å². The summed E-state index contributed by atoms with van der Waals surface area (Å²) in [6, 6.07) is 14.4.